The van der Waals surface area contributed by atoms with Gasteiger partial charge in [0.15, 0.2) is 11.5 Å². The van der Waals surface area contributed by atoms with E-state index >= 15 is 0 Å². The van der Waals surface area contributed by atoms with Crippen LogP contribution in [0, 0.1) is 0 Å². The number of hydrogen-bond acceptors (Lipinski definition) is 6. The number of ether oxygens (including phenoxy) is 2. The number of nitrogens with zero attached hydrogens (tertiary/aromatic N) is 2. The molecule has 1 N–H and O–H groups in total. The Morgan fingerprint density at radius 3 is 2.48 bits per heavy atom. The van der Waals surface area contributed by atoms with Gasteiger partial charge in [0, 0.05) is 6.54 Å². The minimum atomic E-state index is 0.684. The lowest BCUT2D eigenvalue weighted by Crippen LogP contribution is -2.37. The van der Waals surface area contributed by atoms with Gasteiger partial charge in [0.2, 0.25) is 5.96 Å². The van der Waals surface area contributed by atoms with Crippen molar-refractivity contribution >= 4 is 16.7 Å². The van der Waals surface area contributed by atoms with Crippen LogP contribution in [-0.2, 0) is 11.4 Å². The number of aliphatic imine (C=N–C) groups is 1. The molecule has 0 radical (unpaired) electrons. The smallest absolute Gasteiger partial charge is 0.218 e. The summed E-state index contributed by atoms with van der Waals surface area (Å²) in [5.74, 6) is 2.25. The van der Waals surface area contributed by atoms with E-state index in [0.717, 1.165) is 46.9 Å². The van der Waals surface area contributed by atoms with Crippen LogP contribution in [0.15, 0.2) is 35.3 Å². The molecule has 0 unspecified atom stereocenters. The van der Waals surface area contributed by atoms with Crippen molar-refractivity contribution in [1.82, 2.24) is 10.4 Å². The van der Waals surface area contributed by atoms with Crippen molar-refractivity contribution in [3.05, 3.63) is 35.9 Å². The van der Waals surface area contributed by atoms with Gasteiger partial charge in [-0.3, -0.25) is 4.84 Å². The van der Waals surface area contributed by atoms with Gasteiger partial charge in [-0.2, -0.15) is 0 Å². The summed E-state index contributed by atoms with van der Waals surface area (Å²) in [6.07, 6.45) is 0. The van der Waals surface area contributed by atoms with Gasteiger partial charge in [0.1, 0.15) is 0 Å². The Hall–Kier alpha value is -2.47. The zero-order valence-corrected chi connectivity index (χ0v) is 13.6. The molecule has 2 aromatic rings. The largest absolute Gasteiger partial charge is 0.493 e. The summed E-state index contributed by atoms with van der Waals surface area (Å²) >= 11 is 0. The highest BCUT2D eigenvalue weighted by atomic mass is 16.7. The Balaban J connectivity index is 1.79. The SMILES string of the molecule is COc1cc2ccc(CNC3=NCCN3OC)cc2cc1OC. The molecule has 0 fully saturated rings. The molecule has 0 spiro atoms. The number of hydroxylamine groups is 2. The molecule has 0 aromatic heterocycles. The highest BCUT2D eigenvalue weighted by Gasteiger charge is 2.15. The first-order valence-electron chi connectivity index (χ1n) is 7.50. The van der Waals surface area contributed by atoms with Crippen LogP contribution in [0.4, 0.5) is 0 Å². The van der Waals surface area contributed by atoms with Crippen molar-refractivity contribution < 1.29 is 14.3 Å². The van der Waals surface area contributed by atoms with Crippen molar-refractivity contribution in [2.45, 2.75) is 6.54 Å². The third-order valence-corrected chi connectivity index (χ3v) is 3.88. The summed E-state index contributed by atoms with van der Waals surface area (Å²) in [5.41, 5.74) is 1.16. The molecule has 23 heavy (non-hydrogen) atoms. The zero-order valence-electron chi connectivity index (χ0n) is 13.6. The first-order chi connectivity index (χ1) is 11.2. The molecule has 3 rings (SSSR count). The van der Waals surface area contributed by atoms with Gasteiger partial charge in [0.05, 0.1) is 34.4 Å². The molecule has 1 aliphatic heterocycles. The van der Waals surface area contributed by atoms with E-state index in [2.05, 4.69) is 28.5 Å². The van der Waals surface area contributed by atoms with E-state index in [4.69, 9.17) is 14.3 Å². The minimum absolute atomic E-state index is 0.684. The topological polar surface area (TPSA) is 55.3 Å². The first-order valence-corrected chi connectivity index (χ1v) is 7.50. The number of methoxy groups -OCH3 is 2. The van der Waals surface area contributed by atoms with Crippen molar-refractivity contribution in [3.63, 3.8) is 0 Å². The second kappa shape index (κ2) is 6.75. The van der Waals surface area contributed by atoms with Crippen molar-refractivity contribution in [1.29, 1.82) is 0 Å². The van der Waals surface area contributed by atoms with Gasteiger partial charge >= 0.3 is 0 Å². The van der Waals surface area contributed by atoms with E-state index < -0.39 is 0 Å². The zero-order chi connectivity index (χ0) is 16.2. The predicted octanol–water partition coefficient (Wildman–Crippen LogP) is 2.18. The van der Waals surface area contributed by atoms with E-state index in [1.54, 1.807) is 26.4 Å². The van der Waals surface area contributed by atoms with Crippen LogP contribution in [-0.4, -0.2) is 45.4 Å². The lowest BCUT2D eigenvalue weighted by atomic mass is 10.1. The highest BCUT2D eigenvalue weighted by molar-refractivity contribution is 5.87. The monoisotopic (exact) mass is 315 g/mol. The Morgan fingerprint density at radius 1 is 1.04 bits per heavy atom. The molecule has 0 atom stereocenters. The second-order valence-corrected chi connectivity index (χ2v) is 5.23. The lowest BCUT2D eigenvalue weighted by Gasteiger charge is -2.18. The molecule has 6 heteroatoms. The maximum absolute atomic E-state index is 5.37. The van der Waals surface area contributed by atoms with Gasteiger partial charge in [-0.05, 0) is 34.5 Å². The Morgan fingerprint density at radius 2 is 1.78 bits per heavy atom. The number of guanidine groups is 1. The fraction of sp³-hybridized carbons (Fsp3) is 0.353. The van der Waals surface area contributed by atoms with Gasteiger partial charge < -0.3 is 14.8 Å². The Bertz CT molecular complexity index is 730. The lowest BCUT2D eigenvalue weighted by molar-refractivity contribution is -0.0582. The van der Waals surface area contributed by atoms with Crippen LogP contribution < -0.4 is 14.8 Å². The van der Waals surface area contributed by atoms with Gasteiger partial charge in [-0.25, -0.2) is 10.1 Å². The summed E-state index contributed by atoms with van der Waals surface area (Å²) in [7, 11) is 4.94. The molecule has 1 aliphatic rings. The molecule has 0 aliphatic carbocycles. The molecule has 6 nitrogen and oxygen atoms in total. The molecule has 0 amide bonds. The molecular formula is C17H21N3O3. The minimum Gasteiger partial charge on any atom is -0.493 e. The summed E-state index contributed by atoms with van der Waals surface area (Å²) in [6, 6.07) is 10.3. The van der Waals surface area contributed by atoms with Crippen molar-refractivity contribution in [3.8, 4) is 11.5 Å². The summed E-state index contributed by atoms with van der Waals surface area (Å²) in [5, 5.41) is 7.29. The molecule has 1 heterocycles. The Labute approximate surface area is 135 Å². The van der Waals surface area contributed by atoms with E-state index in [-0.39, 0.29) is 0 Å². The van der Waals surface area contributed by atoms with Crippen LogP contribution in [0.2, 0.25) is 0 Å². The number of fused-ring (bicyclic) bond motifs is 1. The fourth-order valence-electron chi connectivity index (χ4n) is 2.67. The van der Waals surface area contributed by atoms with E-state index in [1.807, 2.05) is 12.1 Å². The summed E-state index contributed by atoms with van der Waals surface area (Å²) in [4.78, 5) is 9.63. The maximum atomic E-state index is 5.37. The molecule has 0 saturated carbocycles. The molecule has 0 bridgehead atoms. The average Bonchev–Trinajstić information content (AvgIpc) is 3.06. The van der Waals surface area contributed by atoms with Crippen LogP contribution in [0.3, 0.4) is 0 Å². The molecular weight excluding hydrogens is 294 g/mol. The maximum Gasteiger partial charge on any atom is 0.218 e. The predicted molar refractivity (Wildman–Crippen MR) is 89.9 cm³/mol. The number of nitrogens with one attached hydrogen (secondary N) is 1. The normalized spacial score (nSPS) is 14.0. The van der Waals surface area contributed by atoms with Crippen LogP contribution in [0.1, 0.15) is 5.56 Å². The van der Waals surface area contributed by atoms with Crippen molar-refractivity contribution in [2.75, 3.05) is 34.4 Å². The first kappa shape index (κ1) is 15.4. The van der Waals surface area contributed by atoms with Crippen molar-refractivity contribution in [2.24, 2.45) is 4.99 Å². The fourth-order valence-corrected chi connectivity index (χ4v) is 2.67. The number of benzene rings is 2. The molecule has 122 valence electrons. The third kappa shape index (κ3) is 3.17. The van der Waals surface area contributed by atoms with E-state index in [9.17, 15) is 0 Å². The van der Waals surface area contributed by atoms with Crippen LogP contribution >= 0.6 is 0 Å². The summed E-state index contributed by atoms with van der Waals surface area (Å²) in [6.45, 7) is 2.22. The molecule has 2 aromatic carbocycles. The third-order valence-electron chi connectivity index (χ3n) is 3.88. The number of hydrogen-bond donors (Lipinski definition) is 1. The van der Waals surface area contributed by atoms with Crippen LogP contribution in [0.25, 0.3) is 10.8 Å². The van der Waals surface area contributed by atoms with Gasteiger partial charge in [-0.1, -0.05) is 12.1 Å². The molecule has 0 saturated heterocycles. The van der Waals surface area contributed by atoms with Gasteiger partial charge in [-0.15, -0.1) is 0 Å². The van der Waals surface area contributed by atoms with Gasteiger partial charge in [0.25, 0.3) is 0 Å². The second-order valence-electron chi connectivity index (χ2n) is 5.23. The summed E-state index contributed by atoms with van der Waals surface area (Å²) < 4.78 is 10.7. The number of rotatable bonds is 5. The highest BCUT2D eigenvalue weighted by Crippen LogP contribution is 2.32. The Kier molecular flexibility index (Phi) is 4.52. The van der Waals surface area contributed by atoms with E-state index in [1.165, 1.54) is 0 Å². The average molecular weight is 315 g/mol. The van der Waals surface area contributed by atoms with E-state index in [0.29, 0.717) is 6.54 Å². The van der Waals surface area contributed by atoms with Crippen LogP contribution in [0.5, 0.6) is 11.5 Å². The quantitative estimate of drug-likeness (QED) is 0.916. The standard InChI is InChI=1S/C17H21N3O3/c1-21-15-9-13-5-4-12(8-14(13)10-16(15)22-2)11-19-17-18-6-7-20(17)23-3/h4-5,8-10H,6-7,11H2,1-3H3,(H,18,19).